The summed E-state index contributed by atoms with van der Waals surface area (Å²) in [5.41, 5.74) is 1.59. The fraction of sp³-hybridized carbons (Fsp3) is 0.680. The molecule has 0 saturated carbocycles. The highest BCUT2D eigenvalue weighted by molar-refractivity contribution is 7.89. The molecule has 0 spiro atoms. The van der Waals surface area contributed by atoms with Crippen molar-refractivity contribution < 1.29 is 27.5 Å². The van der Waals surface area contributed by atoms with Gasteiger partial charge in [-0.3, -0.25) is 0 Å². The van der Waals surface area contributed by atoms with Gasteiger partial charge in [-0.25, -0.2) is 28.0 Å². The second-order valence-electron chi connectivity index (χ2n) is 12.0. The van der Waals surface area contributed by atoms with Crippen molar-refractivity contribution in [3.05, 3.63) is 11.9 Å². The van der Waals surface area contributed by atoms with E-state index < -0.39 is 41.5 Å². The van der Waals surface area contributed by atoms with Crippen LogP contribution in [0.1, 0.15) is 54.2 Å². The zero-order valence-electron chi connectivity index (χ0n) is 24.2. The number of piperazine rings is 1. The van der Waals surface area contributed by atoms with Gasteiger partial charge in [0.1, 0.15) is 25.1 Å². The van der Waals surface area contributed by atoms with Gasteiger partial charge in [-0.2, -0.15) is 9.21 Å². The largest absolute Gasteiger partial charge is 0.443 e. The van der Waals surface area contributed by atoms with Crippen LogP contribution in [0.15, 0.2) is 6.20 Å². The fourth-order valence-electron chi connectivity index (χ4n) is 3.26. The average molecular weight is 568 g/mol. The van der Waals surface area contributed by atoms with E-state index in [0.29, 0.717) is 32.0 Å². The molecule has 212 valence electrons. The number of amides is 2. The Morgan fingerprint density at radius 1 is 1.00 bits per heavy atom. The number of nitrogens with zero attached hydrogens (tertiary/aromatic N) is 5. The minimum absolute atomic E-state index is 0.0447. The van der Waals surface area contributed by atoms with Gasteiger partial charge in [0.25, 0.3) is 0 Å². The van der Waals surface area contributed by atoms with Crippen LogP contribution < -0.4 is 9.80 Å². The molecule has 0 unspecified atom stereocenters. The molecular formula is C25H41N5O6SSi. The molecule has 1 aromatic rings. The quantitative estimate of drug-likeness (QED) is 0.394. The Morgan fingerprint density at radius 2 is 1.50 bits per heavy atom. The Balaban J connectivity index is 2.56. The van der Waals surface area contributed by atoms with Crippen LogP contribution in [0.4, 0.5) is 21.2 Å². The number of imide groups is 1. The van der Waals surface area contributed by atoms with E-state index in [1.807, 2.05) is 4.90 Å². The van der Waals surface area contributed by atoms with Crippen molar-refractivity contribution in [2.45, 2.75) is 79.3 Å². The molecule has 0 N–H and O–H groups in total. The summed E-state index contributed by atoms with van der Waals surface area (Å²) in [6, 6.07) is 0. The maximum absolute atomic E-state index is 13.2. The SMILES string of the molecule is CCS(=O)(=O)N1CCN(c2cnc(N(C(=O)OC(C)(C)C)C(=O)OC(C)(C)C)c(C#C[Si](C)(C)C)n2)CC1. The van der Waals surface area contributed by atoms with Gasteiger partial charge in [0.2, 0.25) is 10.0 Å². The van der Waals surface area contributed by atoms with Crippen LogP contribution in [0.3, 0.4) is 0 Å². The molecule has 0 atom stereocenters. The number of hydrogen-bond donors (Lipinski definition) is 0. The number of sulfonamides is 1. The van der Waals surface area contributed by atoms with Crippen LogP contribution in [0, 0.1) is 11.5 Å². The maximum Gasteiger partial charge on any atom is 0.425 e. The minimum Gasteiger partial charge on any atom is -0.443 e. The van der Waals surface area contributed by atoms with Crippen molar-refractivity contribution >= 4 is 41.9 Å². The number of anilines is 2. The highest BCUT2D eigenvalue weighted by atomic mass is 32.2. The average Bonchev–Trinajstić information content (AvgIpc) is 2.75. The zero-order chi connectivity index (χ0) is 29.1. The van der Waals surface area contributed by atoms with Crippen LogP contribution in [-0.4, -0.2) is 86.1 Å². The third-order valence-electron chi connectivity index (χ3n) is 4.98. The first kappa shape index (κ1) is 31.5. The second-order valence-corrected chi connectivity index (χ2v) is 19.0. The Kier molecular flexibility index (Phi) is 9.61. The van der Waals surface area contributed by atoms with Gasteiger partial charge in [-0.05, 0) is 48.5 Å². The number of carbonyl (C=O) groups is 2. The molecule has 13 heteroatoms. The zero-order valence-corrected chi connectivity index (χ0v) is 26.0. The molecule has 0 aromatic carbocycles. The molecule has 1 saturated heterocycles. The lowest BCUT2D eigenvalue weighted by molar-refractivity contribution is 0.0428. The summed E-state index contributed by atoms with van der Waals surface area (Å²) >= 11 is 0. The van der Waals surface area contributed by atoms with Crippen molar-refractivity contribution in [2.24, 2.45) is 0 Å². The molecule has 0 bridgehead atoms. The monoisotopic (exact) mass is 567 g/mol. The van der Waals surface area contributed by atoms with E-state index >= 15 is 0 Å². The predicted octanol–water partition coefficient (Wildman–Crippen LogP) is 3.85. The van der Waals surface area contributed by atoms with Crippen LogP contribution in [0.5, 0.6) is 0 Å². The number of carbonyl (C=O) groups excluding carboxylic acids is 2. The number of aromatic nitrogens is 2. The lowest BCUT2D eigenvalue weighted by atomic mass is 10.2. The van der Waals surface area contributed by atoms with Crippen LogP contribution >= 0.6 is 0 Å². The summed E-state index contributed by atoms with van der Waals surface area (Å²) in [4.78, 5) is 38.2. The van der Waals surface area contributed by atoms with Crippen molar-refractivity contribution in [3.63, 3.8) is 0 Å². The lowest BCUT2D eigenvalue weighted by Gasteiger charge is -2.34. The normalized spacial score (nSPS) is 15.4. The molecule has 2 rings (SSSR count). The summed E-state index contributed by atoms with van der Waals surface area (Å²) in [7, 11) is -5.17. The molecular weight excluding hydrogens is 526 g/mol. The molecule has 1 aliphatic rings. The first-order chi connectivity index (χ1) is 17.2. The van der Waals surface area contributed by atoms with Gasteiger partial charge in [0, 0.05) is 26.2 Å². The van der Waals surface area contributed by atoms with Crippen molar-refractivity contribution in [1.82, 2.24) is 14.3 Å². The van der Waals surface area contributed by atoms with E-state index in [-0.39, 0.29) is 17.3 Å². The smallest absolute Gasteiger partial charge is 0.425 e. The van der Waals surface area contributed by atoms with Gasteiger partial charge in [0.15, 0.2) is 11.5 Å². The van der Waals surface area contributed by atoms with Gasteiger partial charge < -0.3 is 14.4 Å². The predicted molar refractivity (Wildman–Crippen MR) is 150 cm³/mol. The van der Waals surface area contributed by atoms with Gasteiger partial charge in [-0.15, -0.1) is 5.54 Å². The molecule has 1 aromatic heterocycles. The van der Waals surface area contributed by atoms with Gasteiger partial charge >= 0.3 is 12.2 Å². The van der Waals surface area contributed by atoms with Crippen LogP contribution in [0.2, 0.25) is 19.6 Å². The van der Waals surface area contributed by atoms with E-state index in [0.717, 1.165) is 4.90 Å². The number of ether oxygens (including phenoxy) is 2. The molecule has 1 aliphatic heterocycles. The Labute approximate surface area is 227 Å². The minimum atomic E-state index is -3.28. The molecule has 0 aliphatic carbocycles. The van der Waals surface area contributed by atoms with Crippen molar-refractivity contribution in [3.8, 4) is 11.5 Å². The Morgan fingerprint density at radius 3 is 1.92 bits per heavy atom. The van der Waals surface area contributed by atoms with Gasteiger partial charge in [-0.1, -0.05) is 25.6 Å². The molecule has 38 heavy (non-hydrogen) atoms. The topological polar surface area (TPSA) is 122 Å². The standard InChI is InChI=1S/C25H41N5O6SSi/c1-11-37(33,34)29-15-13-28(14-16-29)20-18-26-21(19(27-20)12-17-38(8,9)10)30(22(31)35-24(2,3)4)23(32)36-25(5,6)7/h18H,11,13-16H2,1-10H3. The molecule has 2 amide bonds. The van der Waals surface area contributed by atoms with E-state index in [9.17, 15) is 18.0 Å². The first-order valence-electron chi connectivity index (χ1n) is 12.6. The number of rotatable bonds is 4. The first-order valence-corrected chi connectivity index (χ1v) is 17.7. The van der Waals surface area contributed by atoms with E-state index in [1.54, 1.807) is 48.5 Å². The summed E-state index contributed by atoms with van der Waals surface area (Å²) < 4.78 is 37.0. The molecule has 2 heterocycles. The van der Waals surface area contributed by atoms with E-state index in [2.05, 4.69) is 41.1 Å². The van der Waals surface area contributed by atoms with E-state index in [4.69, 9.17) is 9.47 Å². The van der Waals surface area contributed by atoms with Crippen molar-refractivity contribution in [2.75, 3.05) is 41.7 Å². The molecule has 0 radical (unpaired) electrons. The second kappa shape index (κ2) is 11.6. The summed E-state index contributed by atoms with van der Waals surface area (Å²) in [6.07, 6.45) is -0.465. The summed E-state index contributed by atoms with van der Waals surface area (Å²) in [5.74, 6) is 3.46. The third kappa shape index (κ3) is 9.25. The number of hydrogen-bond acceptors (Lipinski definition) is 9. The van der Waals surface area contributed by atoms with E-state index in [1.165, 1.54) is 10.5 Å². The van der Waals surface area contributed by atoms with Gasteiger partial charge in [0.05, 0.1) is 11.9 Å². The highest BCUT2D eigenvalue weighted by Crippen LogP contribution is 2.25. The molecule has 11 nitrogen and oxygen atoms in total. The summed E-state index contributed by atoms with van der Waals surface area (Å²) in [5, 5.41) is 0. The lowest BCUT2D eigenvalue weighted by Crippen LogP contribution is -2.49. The maximum atomic E-state index is 13.2. The fourth-order valence-corrected chi connectivity index (χ4v) is 4.84. The highest BCUT2D eigenvalue weighted by Gasteiger charge is 2.36. The Hall–Kier alpha value is -2.69. The summed E-state index contributed by atoms with van der Waals surface area (Å²) in [6.45, 7) is 19.4. The van der Waals surface area contributed by atoms with Crippen molar-refractivity contribution in [1.29, 1.82) is 0 Å². The Bertz CT molecular complexity index is 1170. The third-order valence-corrected chi connectivity index (χ3v) is 7.74. The van der Waals surface area contributed by atoms with Crippen LogP contribution in [0.25, 0.3) is 0 Å². The van der Waals surface area contributed by atoms with Crippen LogP contribution in [-0.2, 0) is 19.5 Å². The molecule has 1 fully saturated rings.